The first-order valence-electron chi connectivity index (χ1n) is 11.0. The fraction of sp³-hybridized carbons (Fsp3) is 0.400. The predicted octanol–water partition coefficient (Wildman–Crippen LogP) is 2.96. The van der Waals surface area contributed by atoms with Crippen molar-refractivity contribution in [2.24, 2.45) is 0 Å². The normalized spacial score (nSPS) is 16.1. The number of aliphatic hydroxyl groups is 1. The smallest absolute Gasteiger partial charge is 0.414 e. The van der Waals surface area contributed by atoms with Gasteiger partial charge in [0.1, 0.15) is 0 Å². The highest BCUT2D eigenvalue weighted by atomic mass is 16.4. The molecule has 178 valence electrons. The Balaban J connectivity index is 0.000000569. The van der Waals surface area contributed by atoms with Crippen molar-refractivity contribution in [3.63, 3.8) is 0 Å². The van der Waals surface area contributed by atoms with Gasteiger partial charge in [-0.2, -0.15) is 0 Å². The molecule has 0 radical (unpaired) electrons. The van der Waals surface area contributed by atoms with Gasteiger partial charge >= 0.3 is 11.9 Å². The standard InChI is InChI=1S/C23H30N2O2.C2H2O4/c1-3-22(26)25(21-12-8-5-9-13-21)18-19(2)24-16-14-23(27,15-17-24)20-10-6-4-7-11-20;3-1(4)2(5)6/h4-13,19,27H,3,14-18H2,1-2H3;(H,3,4)(H,5,6). The maximum absolute atomic E-state index is 12.5. The maximum Gasteiger partial charge on any atom is 0.414 e. The Morgan fingerprint density at radius 2 is 1.42 bits per heavy atom. The molecule has 3 N–H and O–H groups in total. The van der Waals surface area contributed by atoms with Crippen molar-refractivity contribution in [1.82, 2.24) is 4.90 Å². The van der Waals surface area contributed by atoms with Crippen LogP contribution >= 0.6 is 0 Å². The zero-order chi connectivity index (χ0) is 24.4. The van der Waals surface area contributed by atoms with Crippen LogP contribution in [0, 0.1) is 0 Å². The van der Waals surface area contributed by atoms with Gasteiger partial charge in [-0.1, -0.05) is 55.5 Å². The molecule has 1 heterocycles. The first kappa shape index (κ1) is 26.0. The van der Waals surface area contributed by atoms with E-state index < -0.39 is 17.5 Å². The lowest BCUT2D eigenvalue weighted by Crippen LogP contribution is -2.50. The Morgan fingerprint density at radius 1 is 0.939 bits per heavy atom. The monoisotopic (exact) mass is 456 g/mol. The number of rotatable bonds is 6. The fourth-order valence-electron chi connectivity index (χ4n) is 3.90. The van der Waals surface area contributed by atoms with Crippen molar-refractivity contribution in [1.29, 1.82) is 0 Å². The number of carboxylic acid groups (broad SMARTS) is 2. The second-order valence-corrected chi connectivity index (χ2v) is 8.09. The van der Waals surface area contributed by atoms with Crippen LogP contribution in [0.5, 0.6) is 0 Å². The molecule has 33 heavy (non-hydrogen) atoms. The summed E-state index contributed by atoms with van der Waals surface area (Å²) in [5.74, 6) is -3.50. The fourth-order valence-corrected chi connectivity index (χ4v) is 3.90. The molecule has 1 unspecified atom stereocenters. The van der Waals surface area contributed by atoms with Crippen LogP contribution in [-0.2, 0) is 20.0 Å². The molecule has 1 fully saturated rings. The number of likely N-dealkylation sites (tertiary alicyclic amines) is 1. The third-order valence-corrected chi connectivity index (χ3v) is 5.86. The molecule has 3 rings (SSSR count). The van der Waals surface area contributed by atoms with Gasteiger partial charge in [-0.3, -0.25) is 9.69 Å². The van der Waals surface area contributed by atoms with Crippen molar-refractivity contribution in [3.8, 4) is 0 Å². The summed E-state index contributed by atoms with van der Waals surface area (Å²) >= 11 is 0. The van der Waals surface area contributed by atoms with Gasteiger partial charge in [-0.15, -0.1) is 0 Å². The van der Waals surface area contributed by atoms with Crippen molar-refractivity contribution >= 4 is 23.5 Å². The molecular weight excluding hydrogens is 424 g/mol. The summed E-state index contributed by atoms with van der Waals surface area (Å²) in [5.41, 5.74) is 1.22. The number of carbonyl (C=O) groups excluding carboxylic acids is 1. The zero-order valence-electron chi connectivity index (χ0n) is 19.1. The zero-order valence-corrected chi connectivity index (χ0v) is 19.1. The highest BCUT2D eigenvalue weighted by Crippen LogP contribution is 2.33. The minimum absolute atomic E-state index is 0.144. The first-order valence-corrected chi connectivity index (χ1v) is 11.0. The Labute approximate surface area is 194 Å². The summed E-state index contributed by atoms with van der Waals surface area (Å²) in [6.07, 6.45) is 1.93. The van der Waals surface area contributed by atoms with Gasteiger partial charge in [-0.25, -0.2) is 9.59 Å². The largest absolute Gasteiger partial charge is 0.473 e. The molecule has 1 atom stereocenters. The van der Waals surface area contributed by atoms with Crippen LogP contribution in [-0.4, -0.2) is 63.7 Å². The van der Waals surface area contributed by atoms with Crippen LogP contribution in [0.2, 0.25) is 0 Å². The van der Waals surface area contributed by atoms with Crippen LogP contribution in [0.3, 0.4) is 0 Å². The number of carboxylic acids is 2. The van der Waals surface area contributed by atoms with Gasteiger partial charge in [0, 0.05) is 37.8 Å². The number of piperidine rings is 1. The third-order valence-electron chi connectivity index (χ3n) is 5.86. The van der Waals surface area contributed by atoms with E-state index in [1.54, 1.807) is 0 Å². The van der Waals surface area contributed by atoms with Gasteiger partial charge in [0.2, 0.25) is 5.91 Å². The molecule has 0 spiro atoms. The van der Waals surface area contributed by atoms with Crippen LogP contribution in [0.15, 0.2) is 60.7 Å². The average Bonchev–Trinajstić information content (AvgIpc) is 2.83. The highest BCUT2D eigenvalue weighted by molar-refractivity contribution is 6.27. The second kappa shape index (κ2) is 12.1. The SMILES string of the molecule is CCC(=O)N(CC(C)N1CCC(O)(c2ccccc2)CC1)c1ccccc1.O=C(O)C(=O)O. The van der Waals surface area contributed by atoms with Crippen molar-refractivity contribution in [2.75, 3.05) is 24.5 Å². The van der Waals surface area contributed by atoms with Crippen LogP contribution in [0.4, 0.5) is 5.69 Å². The number of anilines is 1. The van der Waals surface area contributed by atoms with Gasteiger partial charge in [0.05, 0.1) is 5.60 Å². The maximum atomic E-state index is 12.5. The van der Waals surface area contributed by atoms with E-state index >= 15 is 0 Å². The summed E-state index contributed by atoms with van der Waals surface area (Å²) in [4.78, 5) is 35.0. The van der Waals surface area contributed by atoms with Gasteiger partial charge in [0.15, 0.2) is 0 Å². The van der Waals surface area contributed by atoms with E-state index in [2.05, 4.69) is 11.8 Å². The van der Waals surface area contributed by atoms with E-state index in [1.807, 2.05) is 72.5 Å². The van der Waals surface area contributed by atoms with Gasteiger partial charge < -0.3 is 20.2 Å². The molecule has 1 aliphatic rings. The summed E-state index contributed by atoms with van der Waals surface area (Å²) in [7, 11) is 0. The second-order valence-electron chi connectivity index (χ2n) is 8.09. The minimum atomic E-state index is -1.82. The van der Waals surface area contributed by atoms with Crippen molar-refractivity contribution in [3.05, 3.63) is 66.2 Å². The number of aliphatic carboxylic acids is 2. The number of benzene rings is 2. The number of hydrogen-bond acceptors (Lipinski definition) is 5. The molecule has 8 nitrogen and oxygen atoms in total. The quantitative estimate of drug-likeness (QED) is 0.572. The van der Waals surface area contributed by atoms with E-state index in [0.29, 0.717) is 25.8 Å². The van der Waals surface area contributed by atoms with Crippen LogP contribution in [0.1, 0.15) is 38.7 Å². The topological polar surface area (TPSA) is 118 Å². The summed E-state index contributed by atoms with van der Waals surface area (Å²) in [6.45, 7) is 6.40. The Morgan fingerprint density at radius 3 is 1.88 bits per heavy atom. The third kappa shape index (κ3) is 7.40. The number of carbonyl (C=O) groups is 3. The van der Waals surface area contributed by atoms with Crippen LogP contribution in [0.25, 0.3) is 0 Å². The molecule has 0 saturated carbocycles. The summed E-state index contributed by atoms with van der Waals surface area (Å²) in [5, 5.41) is 25.8. The van der Waals surface area contributed by atoms with Crippen molar-refractivity contribution < 1.29 is 29.7 Å². The van der Waals surface area contributed by atoms with E-state index in [0.717, 1.165) is 24.3 Å². The molecule has 2 aromatic rings. The number of para-hydroxylation sites is 1. The molecule has 1 saturated heterocycles. The molecule has 8 heteroatoms. The summed E-state index contributed by atoms with van der Waals surface area (Å²) < 4.78 is 0. The van der Waals surface area contributed by atoms with Gasteiger partial charge in [-0.05, 0) is 37.5 Å². The van der Waals surface area contributed by atoms with E-state index in [9.17, 15) is 9.90 Å². The minimum Gasteiger partial charge on any atom is -0.473 e. The molecule has 1 amide bonds. The number of nitrogens with zero attached hydrogens (tertiary/aromatic N) is 2. The van der Waals surface area contributed by atoms with Crippen LogP contribution < -0.4 is 4.90 Å². The molecule has 0 aliphatic carbocycles. The van der Waals surface area contributed by atoms with Gasteiger partial charge in [0.25, 0.3) is 0 Å². The highest BCUT2D eigenvalue weighted by Gasteiger charge is 2.35. The molecule has 0 bridgehead atoms. The number of amides is 1. The molecule has 1 aliphatic heterocycles. The Bertz CT molecular complexity index is 899. The van der Waals surface area contributed by atoms with E-state index in [-0.39, 0.29) is 11.9 Å². The van der Waals surface area contributed by atoms with E-state index in [1.165, 1.54) is 0 Å². The molecule has 0 aromatic heterocycles. The summed E-state index contributed by atoms with van der Waals surface area (Å²) in [6, 6.07) is 20.1. The van der Waals surface area contributed by atoms with E-state index in [4.69, 9.17) is 19.8 Å². The predicted molar refractivity (Wildman–Crippen MR) is 125 cm³/mol. The average molecular weight is 457 g/mol. The first-order chi connectivity index (χ1) is 15.7. The Kier molecular flexibility index (Phi) is 9.57. The molecular formula is C25H32N2O6. The lowest BCUT2D eigenvalue weighted by Gasteiger charge is -2.42. The lowest BCUT2D eigenvalue weighted by atomic mass is 9.84. The van der Waals surface area contributed by atoms with Crippen molar-refractivity contribution in [2.45, 2.75) is 44.8 Å². The molecule has 2 aromatic carbocycles. The Hall–Kier alpha value is -3.23. The lowest BCUT2D eigenvalue weighted by molar-refractivity contribution is -0.159. The number of hydrogen-bond donors (Lipinski definition) is 3.